The quantitative estimate of drug-likeness (QED) is 0.679. The number of nitrogens with one attached hydrogen (secondary N) is 1. The first kappa shape index (κ1) is 17.1. The van der Waals surface area contributed by atoms with Crippen LogP contribution in [0.25, 0.3) is 0 Å². The number of fused-ring (bicyclic) bond motifs is 1. The van der Waals surface area contributed by atoms with Crippen LogP contribution in [0.15, 0.2) is 60.7 Å². The maximum atomic E-state index is 12.7. The number of amides is 1. The summed E-state index contributed by atoms with van der Waals surface area (Å²) in [6.45, 7) is 4.00. The van der Waals surface area contributed by atoms with Gasteiger partial charge in [0.2, 0.25) is 0 Å². The number of aryl methyl sites for hydroxylation is 1. The number of phenols is 1. The van der Waals surface area contributed by atoms with E-state index < -0.39 is 0 Å². The molecule has 1 aromatic heterocycles. The van der Waals surface area contributed by atoms with Gasteiger partial charge < -0.3 is 15.3 Å². The van der Waals surface area contributed by atoms with Crippen LogP contribution < -0.4 is 10.2 Å². The van der Waals surface area contributed by atoms with Crippen LogP contribution in [-0.4, -0.2) is 22.0 Å². The van der Waals surface area contributed by atoms with Crippen molar-refractivity contribution in [3.05, 3.63) is 77.5 Å². The molecule has 2 aromatic carbocycles. The van der Waals surface area contributed by atoms with E-state index in [0.717, 1.165) is 23.5 Å². The molecule has 1 amide bonds. The highest BCUT2D eigenvalue weighted by atomic mass is 16.3. The average Bonchev–Trinajstić information content (AvgIpc) is 2.99. The molecule has 0 saturated heterocycles. The molecule has 0 aliphatic carbocycles. The van der Waals surface area contributed by atoms with Crippen LogP contribution in [0, 0.1) is 6.92 Å². The fraction of sp³-hybridized carbons (Fsp3) is 0.182. The first-order valence-corrected chi connectivity index (χ1v) is 8.98. The molecule has 2 N–H and O–H groups in total. The van der Waals surface area contributed by atoms with Crippen LogP contribution in [0.4, 0.5) is 17.2 Å². The topological polar surface area (TPSA) is 65.5 Å². The van der Waals surface area contributed by atoms with Crippen LogP contribution in [0.2, 0.25) is 0 Å². The number of aromatic hydroxyl groups is 1. The van der Waals surface area contributed by atoms with Crippen molar-refractivity contribution in [2.75, 3.05) is 10.2 Å². The van der Waals surface area contributed by atoms with Gasteiger partial charge in [0.15, 0.2) is 0 Å². The van der Waals surface area contributed by atoms with E-state index in [1.807, 2.05) is 31.2 Å². The number of carbonyl (C=O) groups excluding carboxylic acids is 1. The summed E-state index contributed by atoms with van der Waals surface area (Å²) in [5.74, 6) is 0.667. The van der Waals surface area contributed by atoms with E-state index in [1.165, 1.54) is 5.56 Å². The number of hydrogen-bond acceptors (Lipinski definition) is 4. The second-order valence-corrected chi connectivity index (χ2v) is 6.89. The molecule has 5 nitrogen and oxygen atoms in total. The summed E-state index contributed by atoms with van der Waals surface area (Å²) in [5.41, 5.74) is 4.24. The van der Waals surface area contributed by atoms with Crippen LogP contribution in [0.1, 0.15) is 28.5 Å². The number of phenolic OH excluding ortho intramolecular Hbond substituents is 1. The van der Waals surface area contributed by atoms with Gasteiger partial charge in [-0.2, -0.15) is 0 Å². The smallest absolute Gasteiger partial charge is 0.274 e. The van der Waals surface area contributed by atoms with Crippen LogP contribution in [-0.2, 0) is 6.42 Å². The molecule has 1 aliphatic heterocycles. The van der Waals surface area contributed by atoms with Gasteiger partial charge in [0.25, 0.3) is 5.91 Å². The number of aromatic nitrogens is 1. The monoisotopic (exact) mass is 359 g/mol. The maximum absolute atomic E-state index is 12.7. The van der Waals surface area contributed by atoms with Crippen molar-refractivity contribution in [1.82, 2.24) is 4.98 Å². The van der Waals surface area contributed by atoms with Crippen molar-refractivity contribution >= 4 is 23.1 Å². The Labute approximate surface area is 158 Å². The standard InChI is InChI=1S/C22H21N3O2/c1-14-12-17(26)10-11-18(14)24-22(27)19-7-5-9-21(23-19)25-15(2)13-16-6-3-4-8-20(16)25/h3-12,15,26H,13H2,1-2H3,(H,24,27). The molecular weight excluding hydrogens is 338 g/mol. The Morgan fingerprint density at radius 3 is 2.78 bits per heavy atom. The summed E-state index contributed by atoms with van der Waals surface area (Å²) in [7, 11) is 0. The predicted octanol–water partition coefficient (Wildman–Crippen LogP) is 4.43. The lowest BCUT2D eigenvalue weighted by Crippen LogP contribution is -2.25. The van der Waals surface area contributed by atoms with E-state index in [2.05, 4.69) is 34.3 Å². The summed E-state index contributed by atoms with van der Waals surface area (Å²) in [6.07, 6.45) is 0.959. The molecule has 1 aliphatic rings. The highest BCUT2D eigenvalue weighted by molar-refractivity contribution is 6.03. The Morgan fingerprint density at radius 2 is 1.96 bits per heavy atom. The van der Waals surface area contributed by atoms with Crippen molar-refractivity contribution in [1.29, 1.82) is 0 Å². The molecule has 2 heterocycles. The van der Waals surface area contributed by atoms with Crippen molar-refractivity contribution in [2.24, 2.45) is 0 Å². The lowest BCUT2D eigenvalue weighted by atomic mass is 10.1. The molecule has 4 rings (SSSR count). The van der Waals surface area contributed by atoms with Crippen LogP contribution in [0.3, 0.4) is 0 Å². The van der Waals surface area contributed by atoms with Crippen LogP contribution in [0.5, 0.6) is 5.75 Å². The zero-order chi connectivity index (χ0) is 19.0. The van der Waals surface area contributed by atoms with E-state index in [1.54, 1.807) is 24.3 Å². The first-order valence-electron chi connectivity index (χ1n) is 8.98. The highest BCUT2D eigenvalue weighted by Gasteiger charge is 2.28. The summed E-state index contributed by atoms with van der Waals surface area (Å²) in [5, 5.41) is 12.4. The van der Waals surface area contributed by atoms with Gasteiger partial charge in [-0.15, -0.1) is 0 Å². The number of hydrogen-bond donors (Lipinski definition) is 2. The van der Waals surface area contributed by atoms with Crippen molar-refractivity contribution in [3.8, 4) is 5.75 Å². The Balaban J connectivity index is 1.62. The minimum absolute atomic E-state index is 0.173. The van der Waals surface area contributed by atoms with Crippen molar-refractivity contribution in [2.45, 2.75) is 26.3 Å². The fourth-order valence-electron chi connectivity index (χ4n) is 3.57. The Kier molecular flexibility index (Phi) is 4.28. The van der Waals surface area contributed by atoms with Crippen molar-refractivity contribution in [3.63, 3.8) is 0 Å². The maximum Gasteiger partial charge on any atom is 0.274 e. The minimum atomic E-state index is -0.272. The lowest BCUT2D eigenvalue weighted by molar-refractivity contribution is 0.102. The summed E-state index contributed by atoms with van der Waals surface area (Å²) in [4.78, 5) is 19.5. The number of anilines is 3. The molecule has 27 heavy (non-hydrogen) atoms. The Bertz CT molecular complexity index is 1020. The summed E-state index contributed by atoms with van der Waals surface area (Å²) in [6, 6.07) is 18.9. The first-order chi connectivity index (χ1) is 13.0. The van der Waals surface area contributed by atoms with Gasteiger partial charge in [0.1, 0.15) is 17.3 Å². The van der Waals surface area contributed by atoms with Gasteiger partial charge >= 0.3 is 0 Å². The fourth-order valence-corrected chi connectivity index (χ4v) is 3.57. The molecule has 0 radical (unpaired) electrons. The normalized spacial score (nSPS) is 15.5. The van der Waals surface area contributed by atoms with Gasteiger partial charge in [-0.1, -0.05) is 24.3 Å². The Morgan fingerprint density at radius 1 is 1.15 bits per heavy atom. The number of benzene rings is 2. The lowest BCUT2D eigenvalue weighted by Gasteiger charge is -2.24. The summed E-state index contributed by atoms with van der Waals surface area (Å²) < 4.78 is 0. The number of para-hydroxylation sites is 1. The zero-order valence-electron chi connectivity index (χ0n) is 15.3. The molecule has 136 valence electrons. The van der Waals surface area contributed by atoms with Gasteiger partial charge in [0, 0.05) is 17.4 Å². The van der Waals surface area contributed by atoms with Gasteiger partial charge in [-0.3, -0.25) is 4.79 Å². The van der Waals surface area contributed by atoms with Crippen LogP contribution >= 0.6 is 0 Å². The summed E-state index contributed by atoms with van der Waals surface area (Å²) >= 11 is 0. The van der Waals surface area contributed by atoms with E-state index in [0.29, 0.717) is 11.4 Å². The molecule has 0 fully saturated rings. The molecule has 1 atom stereocenters. The Hall–Kier alpha value is -3.34. The third kappa shape index (κ3) is 3.24. The van der Waals surface area contributed by atoms with Crippen molar-refractivity contribution < 1.29 is 9.90 Å². The largest absolute Gasteiger partial charge is 0.508 e. The van der Waals surface area contributed by atoms with E-state index in [-0.39, 0.29) is 17.7 Å². The minimum Gasteiger partial charge on any atom is -0.508 e. The highest BCUT2D eigenvalue weighted by Crippen LogP contribution is 2.37. The van der Waals surface area contributed by atoms with E-state index >= 15 is 0 Å². The number of rotatable bonds is 3. The molecule has 1 unspecified atom stereocenters. The molecule has 0 saturated carbocycles. The van der Waals surface area contributed by atoms with E-state index in [9.17, 15) is 9.90 Å². The number of carbonyl (C=O) groups is 1. The van der Waals surface area contributed by atoms with Gasteiger partial charge in [-0.05, 0) is 67.8 Å². The molecule has 3 aromatic rings. The molecular formula is C22H21N3O2. The molecule has 0 spiro atoms. The molecule has 5 heteroatoms. The zero-order valence-corrected chi connectivity index (χ0v) is 15.3. The van der Waals surface area contributed by atoms with Gasteiger partial charge in [-0.25, -0.2) is 4.98 Å². The van der Waals surface area contributed by atoms with Gasteiger partial charge in [0.05, 0.1) is 0 Å². The predicted molar refractivity (Wildman–Crippen MR) is 107 cm³/mol. The third-order valence-corrected chi connectivity index (χ3v) is 4.88. The SMILES string of the molecule is Cc1cc(O)ccc1NC(=O)c1cccc(N2c3ccccc3CC2C)n1. The molecule has 0 bridgehead atoms. The average molecular weight is 359 g/mol. The third-order valence-electron chi connectivity index (χ3n) is 4.88. The van der Waals surface area contributed by atoms with E-state index in [4.69, 9.17) is 0 Å². The number of pyridine rings is 1. The second kappa shape index (κ2) is 6.76. The number of nitrogens with zero attached hydrogens (tertiary/aromatic N) is 2. The second-order valence-electron chi connectivity index (χ2n) is 6.89.